The molecule has 5 N–H and O–H groups in total. The van der Waals surface area contributed by atoms with E-state index < -0.39 is 11.2 Å². The van der Waals surface area contributed by atoms with Crippen molar-refractivity contribution in [2.45, 2.75) is 11.7 Å². The topological polar surface area (TPSA) is 84.9 Å². The lowest BCUT2D eigenvalue weighted by Crippen LogP contribution is -2.17. The summed E-state index contributed by atoms with van der Waals surface area (Å²) in [5.41, 5.74) is 13.8. The van der Waals surface area contributed by atoms with Crippen molar-refractivity contribution in [3.05, 3.63) is 35.5 Å². The Morgan fingerprint density at radius 2 is 2.24 bits per heavy atom. The molecule has 0 aliphatic heterocycles. The molecular formula is C12H15N3OS. The molecule has 4 nitrogen and oxygen atoms in total. The Hall–Kier alpha value is -1.46. The highest BCUT2D eigenvalue weighted by atomic mass is 32.1. The first kappa shape index (κ1) is 12.0. The molecule has 2 aromatic rings. The van der Waals surface area contributed by atoms with Crippen molar-refractivity contribution in [2.24, 2.45) is 11.5 Å². The molecular weight excluding hydrogens is 234 g/mol. The van der Waals surface area contributed by atoms with Crippen LogP contribution in [0.15, 0.2) is 24.4 Å². The minimum atomic E-state index is -0.569. The SMILES string of the molecule is NCCc1c[nH]c2ccc(C(S)C(N)=O)cc12. The van der Waals surface area contributed by atoms with Crippen molar-refractivity contribution < 1.29 is 4.79 Å². The smallest absolute Gasteiger partial charge is 0.234 e. The molecule has 17 heavy (non-hydrogen) atoms. The zero-order valence-corrected chi connectivity index (χ0v) is 10.2. The third kappa shape index (κ3) is 2.30. The second kappa shape index (κ2) is 4.81. The van der Waals surface area contributed by atoms with Crippen LogP contribution in [-0.4, -0.2) is 17.4 Å². The zero-order valence-electron chi connectivity index (χ0n) is 9.31. The van der Waals surface area contributed by atoms with Crippen molar-refractivity contribution in [3.8, 4) is 0 Å². The van der Waals surface area contributed by atoms with Crippen LogP contribution in [0, 0.1) is 0 Å². The summed E-state index contributed by atoms with van der Waals surface area (Å²) in [6, 6.07) is 5.73. The number of thiol groups is 1. The van der Waals surface area contributed by atoms with E-state index in [0.717, 1.165) is 28.5 Å². The molecule has 90 valence electrons. The molecule has 1 unspecified atom stereocenters. The Morgan fingerprint density at radius 1 is 1.47 bits per heavy atom. The summed E-state index contributed by atoms with van der Waals surface area (Å²) in [6.45, 7) is 0.595. The number of aromatic amines is 1. The number of amides is 1. The normalized spacial score (nSPS) is 12.8. The lowest BCUT2D eigenvalue weighted by Gasteiger charge is -2.07. The summed E-state index contributed by atoms with van der Waals surface area (Å²) in [5, 5.41) is 0.508. The van der Waals surface area contributed by atoms with Gasteiger partial charge in [0.2, 0.25) is 5.91 Å². The van der Waals surface area contributed by atoms with Gasteiger partial charge in [-0.3, -0.25) is 4.79 Å². The largest absolute Gasteiger partial charge is 0.368 e. The number of hydrogen-bond donors (Lipinski definition) is 4. The van der Waals surface area contributed by atoms with Crippen LogP contribution in [0.5, 0.6) is 0 Å². The number of carbonyl (C=O) groups excluding carboxylic acids is 1. The molecule has 1 amide bonds. The van der Waals surface area contributed by atoms with Gasteiger partial charge in [-0.1, -0.05) is 6.07 Å². The van der Waals surface area contributed by atoms with Crippen LogP contribution < -0.4 is 11.5 Å². The van der Waals surface area contributed by atoms with E-state index in [1.165, 1.54) is 0 Å². The van der Waals surface area contributed by atoms with E-state index >= 15 is 0 Å². The summed E-state index contributed by atoms with van der Waals surface area (Å²) in [6.07, 6.45) is 2.75. The molecule has 5 heteroatoms. The van der Waals surface area contributed by atoms with Gasteiger partial charge in [0.25, 0.3) is 0 Å². The maximum absolute atomic E-state index is 11.1. The predicted octanol–water partition coefficient (Wildman–Crippen LogP) is 1.13. The minimum absolute atomic E-state index is 0.441. The van der Waals surface area contributed by atoms with Crippen molar-refractivity contribution in [1.29, 1.82) is 0 Å². The summed E-state index contributed by atoms with van der Waals surface area (Å²) in [4.78, 5) is 14.3. The molecule has 0 spiro atoms. The third-order valence-electron chi connectivity index (χ3n) is 2.79. The van der Waals surface area contributed by atoms with E-state index in [0.29, 0.717) is 6.54 Å². The second-order valence-electron chi connectivity index (χ2n) is 3.96. The fourth-order valence-corrected chi connectivity index (χ4v) is 2.05. The van der Waals surface area contributed by atoms with E-state index in [9.17, 15) is 4.79 Å². The number of rotatable bonds is 4. The Kier molecular flexibility index (Phi) is 3.40. The average Bonchev–Trinajstić information content (AvgIpc) is 2.71. The molecule has 2 rings (SSSR count). The Bertz CT molecular complexity index is 550. The number of carbonyl (C=O) groups is 1. The lowest BCUT2D eigenvalue weighted by atomic mass is 10.0. The van der Waals surface area contributed by atoms with Gasteiger partial charge in [0, 0.05) is 17.1 Å². The van der Waals surface area contributed by atoms with Gasteiger partial charge in [-0.15, -0.1) is 0 Å². The predicted molar refractivity (Wildman–Crippen MR) is 72.0 cm³/mol. The Morgan fingerprint density at radius 3 is 2.88 bits per heavy atom. The number of hydrogen-bond acceptors (Lipinski definition) is 3. The van der Waals surface area contributed by atoms with Crippen molar-refractivity contribution in [1.82, 2.24) is 4.98 Å². The molecule has 0 radical (unpaired) electrons. The highest BCUT2D eigenvalue weighted by Crippen LogP contribution is 2.26. The van der Waals surface area contributed by atoms with Crippen LogP contribution in [0.1, 0.15) is 16.4 Å². The highest BCUT2D eigenvalue weighted by Gasteiger charge is 2.14. The molecule has 0 aliphatic rings. The van der Waals surface area contributed by atoms with E-state index in [-0.39, 0.29) is 0 Å². The third-order valence-corrected chi connectivity index (χ3v) is 3.34. The fourth-order valence-electron chi connectivity index (χ4n) is 1.89. The van der Waals surface area contributed by atoms with Crippen LogP contribution in [0.25, 0.3) is 10.9 Å². The molecule has 0 aliphatic carbocycles. The summed E-state index contributed by atoms with van der Waals surface area (Å²) < 4.78 is 0. The van der Waals surface area contributed by atoms with Gasteiger partial charge in [-0.2, -0.15) is 12.6 Å². The molecule has 0 saturated carbocycles. The summed E-state index contributed by atoms with van der Waals surface area (Å²) in [7, 11) is 0. The Balaban J connectivity index is 2.47. The molecule has 1 atom stereocenters. The summed E-state index contributed by atoms with van der Waals surface area (Å²) >= 11 is 4.20. The number of nitrogens with two attached hydrogens (primary N) is 2. The lowest BCUT2D eigenvalue weighted by molar-refractivity contribution is -0.117. The van der Waals surface area contributed by atoms with Crippen LogP contribution in [0.2, 0.25) is 0 Å². The number of fused-ring (bicyclic) bond motifs is 1. The van der Waals surface area contributed by atoms with E-state index in [2.05, 4.69) is 17.6 Å². The van der Waals surface area contributed by atoms with Crippen LogP contribution >= 0.6 is 12.6 Å². The van der Waals surface area contributed by atoms with Crippen LogP contribution in [-0.2, 0) is 11.2 Å². The maximum atomic E-state index is 11.1. The number of benzene rings is 1. The monoisotopic (exact) mass is 249 g/mol. The molecule has 0 saturated heterocycles. The summed E-state index contributed by atoms with van der Waals surface area (Å²) in [5.74, 6) is -0.441. The number of nitrogens with one attached hydrogen (secondary N) is 1. The van der Waals surface area contributed by atoms with Gasteiger partial charge in [-0.05, 0) is 36.2 Å². The number of H-pyrrole nitrogens is 1. The van der Waals surface area contributed by atoms with Gasteiger partial charge in [0.15, 0.2) is 0 Å². The average molecular weight is 249 g/mol. The fraction of sp³-hybridized carbons (Fsp3) is 0.250. The van der Waals surface area contributed by atoms with Gasteiger partial charge in [-0.25, -0.2) is 0 Å². The minimum Gasteiger partial charge on any atom is -0.368 e. The van der Waals surface area contributed by atoms with Gasteiger partial charge >= 0.3 is 0 Å². The van der Waals surface area contributed by atoms with Gasteiger partial charge in [0.05, 0.1) is 0 Å². The van der Waals surface area contributed by atoms with Crippen LogP contribution in [0.3, 0.4) is 0 Å². The second-order valence-corrected chi connectivity index (χ2v) is 4.48. The molecule has 1 aromatic carbocycles. The number of aromatic nitrogens is 1. The first-order chi connectivity index (χ1) is 8.13. The van der Waals surface area contributed by atoms with Crippen LogP contribution in [0.4, 0.5) is 0 Å². The first-order valence-corrected chi connectivity index (χ1v) is 5.92. The van der Waals surface area contributed by atoms with Gasteiger partial charge in [0.1, 0.15) is 5.25 Å². The molecule has 0 bridgehead atoms. The van der Waals surface area contributed by atoms with E-state index in [1.54, 1.807) is 0 Å². The van der Waals surface area contributed by atoms with Crippen molar-refractivity contribution in [2.75, 3.05) is 6.54 Å². The van der Waals surface area contributed by atoms with Crippen molar-refractivity contribution >= 4 is 29.4 Å². The van der Waals surface area contributed by atoms with Gasteiger partial charge < -0.3 is 16.5 Å². The zero-order chi connectivity index (χ0) is 12.4. The Labute approximate surface area is 105 Å². The van der Waals surface area contributed by atoms with E-state index in [4.69, 9.17) is 11.5 Å². The first-order valence-electron chi connectivity index (χ1n) is 5.41. The van der Waals surface area contributed by atoms with E-state index in [1.807, 2.05) is 24.4 Å². The molecule has 0 fully saturated rings. The molecule has 1 aromatic heterocycles. The molecule has 1 heterocycles. The maximum Gasteiger partial charge on any atom is 0.234 e. The highest BCUT2D eigenvalue weighted by molar-refractivity contribution is 7.81. The van der Waals surface area contributed by atoms with Crippen molar-refractivity contribution in [3.63, 3.8) is 0 Å². The standard InChI is InChI=1S/C12H15N3OS/c13-4-3-8-6-15-10-2-1-7(5-9(8)10)11(17)12(14)16/h1-2,5-6,11,15,17H,3-4,13H2,(H2,14,16). The quantitative estimate of drug-likeness (QED) is 0.612. The number of primary amides is 1.